The molecule has 0 spiro atoms. The van der Waals surface area contributed by atoms with Crippen LogP contribution in [0.1, 0.15) is 115 Å². The van der Waals surface area contributed by atoms with Crippen LogP contribution in [0.15, 0.2) is 114 Å². The van der Waals surface area contributed by atoms with Gasteiger partial charge in [0, 0.05) is 79.8 Å². The summed E-state index contributed by atoms with van der Waals surface area (Å²) >= 11 is 0. The number of hydrogen-bond acceptors (Lipinski definition) is 10. The second kappa shape index (κ2) is 24.3. The lowest BCUT2D eigenvalue weighted by atomic mass is 9.81. The minimum absolute atomic E-state index is 0.00878. The lowest BCUT2D eigenvalue weighted by Gasteiger charge is -2.27. The Kier molecular flexibility index (Phi) is 18.1. The Hall–Kier alpha value is -7.60. The summed E-state index contributed by atoms with van der Waals surface area (Å²) in [5.41, 5.74) is 7.15. The molecule has 0 radical (unpaired) electrons. The molecule has 15 heteroatoms. The van der Waals surface area contributed by atoms with Crippen molar-refractivity contribution in [2.45, 2.75) is 115 Å². The highest BCUT2D eigenvalue weighted by atomic mass is 16.7. The van der Waals surface area contributed by atoms with Crippen molar-refractivity contribution >= 4 is 58.7 Å². The van der Waals surface area contributed by atoms with E-state index in [0.29, 0.717) is 68.7 Å². The number of fused-ring (bicyclic) bond motifs is 2. The molecule has 0 aromatic heterocycles. The predicted molar refractivity (Wildman–Crippen MR) is 270 cm³/mol. The third-order valence-electron chi connectivity index (χ3n) is 13.2. The highest BCUT2D eigenvalue weighted by Crippen LogP contribution is 2.47. The number of unbranched alkanes of at least 4 members (excludes halogenated alkanes) is 3. The number of para-hydroxylation sites is 2. The number of hydroxylamine groups is 2. The minimum atomic E-state index is -0.997. The Morgan fingerprint density at radius 3 is 2.20 bits per heavy atom. The SMILES string of the molecule is C[N+]1=C(/C=C/C=C/C=C2/N(CCCC(=O)NCCCCC(NC(=O)/C(C#N)=C/c3ccc([O-])cc3)C(=O)NCCCCCC(=O)ON3C(=O)CCC3=O)c3ccccc3C2(C)C)C(C)(C)c2ccccc21. The van der Waals surface area contributed by atoms with E-state index in [1.54, 1.807) is 0 Å². The van der Waals surface area contributed by atoms with Crippen LogP contribution >= 0.6 is 0 Å². The third kappa shape index (κ3) is 13.4. The van der Waals surface area contributed by atoms with Gasteiger partial charge in [-0.2, -0.15) is 9.84 Å². The van der Waals surface area contributed by atoms with Gasteiger partial charge in [0.05, 0.1) is 5.41 Å². The number of nitriles is 1. The largest absolute Gasteiger partial charge is 0.872 e. The van der Waals surface area contributed by atoms with Gasteiger partial charge in [0.15, 0.2) is 5.71 Å². The van der Waals surface area contributed by atoms with E-state index >= 15 is 0 Å². The number of hydrogen-bond donors (Lipinski definition) is 3. The van der Waals surface area contributed by atoms with E-state index in [2.05, 4.69) is 133 Å². The van der Waals surface area contributed by atoms with Gasteiger partial charge in [0.2, 0.25) is 17.5 Å². The zero-order chi connectivity index (χ0) is 51.1. The van der Waals surface area contributed by atoms with Gasteiger partial charge in [-0.05, 0) is 81.7 Å². The van der Waals surface area contributed by atoms with Crippen LogP contribution in [0.3, 0.4) is 0 Å². The quantitative estimate of drug-likeness (QED) is 0.0222. The molecule has 3 aromatic rings. The standard InChI is InChI=1S/C56H65N7O8/c1-55(2)42-19-11-13-22-45(42)61(5)47(55)24-8-6-9-25-48-56(3,4)43-20-12-14-23-46(43)62(48)36-18-26-49(65)58-34-17-15-21-44(60-53(69)40(38-57)37-39-28-30-41(64)31-29-39)54(70)59-35-16-7-10-27-52(68)71-63-50(66)32-33-51(63)67/h6,8-9,11-14,19-20,22-25,28-31,37,44H,7,10,15-18,21,26-27,32-36H2,1-5H3,(H3-,58,59,60,64,65,69,70). The van der Waals surface area contributed by atoms with Crippen LogP contribution in [-0.4, -0.2) is 83.6 Å². The Bertz CT molecular complexity index is 2670. The third-order valence-corrected chi connectivity index (χ3v) is 13.2. The van der Waals surface area contributed by atoms with Crippen LogP contribution in [0, 0.1) is 11.3 Å². The first-order valence-corrected chi connectivity index (χ1v) is 24.5. The highest BCUT2D eigenvalue weighted by Gasteiger charge is 2.43. The number of nitrogens with zero attached hydrogens (tertiary/aromatic N) is 4. The Morgan fingerprint density at radius 2 is 1.48 bits per heavy atom. The zero-order valence-electron chi connectivity index (χ0n) is 41.4. The number of rotatable bonds is 23. The molecule has 1 saturated heterocycles. The lowest BCUT2D eigenvalue weighted by Crippen LogP contribution is -2.47. The first-order valence-electron chi connectivity index (χ1n) is 24.5. The van der Waals surface area contributed by atoms with Gasteiger partial charge in [-0.15, -0.1) is 10.8 Å². The van der Waals surface area contributed by atoms with Crippen molar-refractivity contribution in [2.24, 2.45) is 0 Å². The van der Waals surface area contributed by atoms with E-state index in [4.69, 9.17) is 4.84 Å². The number of imide groups is 1. The maximum absolute atomic E-state index is 13.4. The average molecular weight is 964 g/mol. The summed E-state index contributed by atoms with van der Waals surface area (Å²) in [4.78, 5) is 82.6. The molecule has 0 saturated carbocycles. The molecule has 3 aliphatic heterocycles. The van der Waals surface area contributed by atoms with Gasteiger partial charge >= 0.3 is 5.97 Å². The molecule has 3 aliphatic rings. The molecule has 0 bridgehead atoms. The van der Waals surface area contributed by atoms with Crippen LogP contribution in [0.5, 0.6) is 5.75 Å². The number of amides is 5. The predicted octanol–water partition coefficient (Wildman–Crippen LogP) is 7.00. The maximum atomic E-state index is 13.4. The van der Waals surface area contributed by atoms with Crippen molar-refractivity contribution in [2.75, 3.05) is 31.6 Å². The molecule has 1 unspecified atom stereocenters. The minimum Gasteiger partial charge on any atom is -0.872 e. The van der Waals surface area contributed by atoms with Crippen LogP contribution in [0.4, 0.5) is 11.4 Å². The molecule has 6 rings (SSSR count). The molecular formula is C56H65N7O8. The molecular weight excluding hydrogens is 899 g/mol. The van der Waals surface area contributed by atoms with Crippen molar-refractivity contribution < 1.29 is 43.3 Å². The molecule has 15 nitrogen and oxygen atoms in total. The fraction of sp³-hybridized carbons (Fsp3) is 0.393. The summed E-state index contributed by atoms with van der Waals surface area (Å²) in [7, 11) is 2.11. The monoisotopic (exact) mass is 963 g/mol. The summed E-state index contributed by atoms with van der Waals surface area (Å²) in [5.74, 6) is -3.31. The second-order valence-electron chi connectivity index (χ2n) is 19.0. The van der Waals surface area contributed by atoms with Gasteiger partial charge in [0.1, 0.15) is 24.7 Å². The first-order chi connectivity index (χ1) is 34.0. The molecule has 3 aromatic carbocycles. The van der Waals surface area contributed by atoms with Gasteiger partial charge < -0.3 is 30.8 Å². The van der Waals surface area contributed by atoms with Crippen LogP contribution in [0.25, 0.3) is 6.08 Å². The van der Waals surface area contributed by atoms with Crippen molar-refractivity contribution in [3.63, 3.8) is 0 Å². The number of carbonyl (C=O) groups excluding carboxylic acids is 6. The molecule has 5 amide bonds. The van der Waals surface area contributed by atoms with Crippen molar-refractivity contribution in [3.05, 3.63) is 131 Å². The highest BCUT2D eigenvalue weighted by molar-refractivity contribution is 6.04. The average Bonchev–Trinajstić information content (AvgIpc) is 3.85. The molecule has 0 aliphatic carbocycles. The van der Waals surface area contributed by atoms with Gasteiger partial charge in [-0.1, -0.05) is 99.2 Å². The number of carbonyl (C=O) groups is 6. The molecule has 1 fully saturated rings. The van der Waals surface area contributed by atoms with Crippen LogP contribution < -0.4 is 26.0 Å². The zero-order valence-corrected chi connectivity index (χ0v) is 41.4. The molecule has 71 heavy (non-hydrogen) atoms. The van der Waals surface area contributed by atoms with Gasteiger partial charge in [-0.3, -0.25) is 24.0 Å². The van der Waals surface area contributed by atoms with E-state index in [-0.39, 0.29) is 60.3 Å². The number of anilines is 1. The van der Waals surface area contributed by atoms with E-state index in [0.717, 1.165) is 11.4 Å². The van der Waals surface area contributed by atoms with Crippen molar-refractivity contribution in [1.29, 1.82) is 5.26 Å². The normalized spacial score (nSPS) is 16.9. The van der Waals surface area contributed by atoms with E-state index < -0.39 is 35.6 Å². The van der Waals surface area contributed by atoms with Crippen molar-refractivity contribution in [1.82, 2.24) is 21.0 Å². The Balaban J connectivity index is 0.980. The van der Waals surface area contributed by atoms with Crippen LogP contribution in [-0.2, 0) is 44.4 Å². The van der Waals surface area contributed by atoms with Crippen molar-refractivity contribution in [3.8, 4) is 11.8 Å². The number of allylic oxidation sites excluding steroid dienone is 6. The molecule has 372 valence electrons. The van der Waals surface area contributed by atoms with Crippen LogP contribution in [0.2, 0.25) is 0 Å². The Morgan fingerprint density at radius 1 is 0.803 bits per heavy atom. The number of nitrogens with one attached hydrogen (secondary N) is 3. The fourth-order valence-corrected chi connectivity index (χ4v) is 9.32. The maximum Gasteiger partial charge on any atom is 0.333 e. The van der Waals surface area contributed by atoms with Gasteiger partial charge in [-0.25, -0.2) is 4.79 Å². The number of benzene rings is 3. The van der Waals surface area contributed by atoms with E-state index in [1.165, 1.54) is 52.9 Å². The molecule has 3 N–H and O–H groups in total. The van der Waals surface area contributed by atoms with Gasteiger partial charge in [0.25, 0.3) is 17.7 Å². The fourth-order valence-electron chi connectivity index (χ4n) is 9.32. The second-order valence-corrected chi connectivity index (χ2v) is 19.0. The lowest BCUT2D eigenvalue weighted by molar-refractivity contribution is -0.401. The Labute approximate surface area is 416 Å². The molecule has 3 heterocycles. The summed E-state index contributed by atoms with van der Waals surface area (Å²) in [6, 6.07) is 23.4. The van der Waals surface area contributed by atoms with E-state index in [9.17, 15) is 39.1 Å². The summed E-state index contributed by atoms with van der Waals surface area (Å²) in [5, 5.41) is 30.4. The summed E-state index contributed by atoms with van der Waals surface area (Å²) in [6.07, 6.45) is 15.5. The first kappa shape index (κ1) is 52.8. The summed E-state index contributed by atoms with van der Waals surface area (Å²) < 4.78 is 2.26. The summed E-state index contributed by atoms with van der Waals surface area (Å²) in [6.45, 7) is 10.2. The smallest absolute Gasteiger partial charge is 0.333 e. The molecule has 1 atom stereocenters. The topological polar surface area (TPSA) is 204 Å². The van der Waals surface area contributed by atoms with E-state index in [1.807, 2.05) is 12.1 Å².